The highest BCUT2D eigenvalue weighted by Crippen LogP contribution is 2.39. The van der Waals surface area contributed by atoms with Crippen LogP contribution in [0, 0.1) is 0 Å². The molecule has 0 aliphatic heterocycles. The highest BCUT2D eigenvalue weighted by molar-refractivity contribution is 6.10. The normalized spacial score (nSPS) is 10.2. The van der Waals surface area contributed by atoms with Crippen molar-refractivity contribution in [2.45, 2.75) is 0 Å². The van der Waals surface area contributed by atoms with Crippen LogP contribution in [0.4, 0.5) is 11.4 Å². The van der Waals surface area contributed by atoms with Crippen molar-refractivity contribution in [1.29, 1.82) is 0 Å². The maximum atomic E-state index is 13.2. The van der Waals surface area contributed by atoms with Crippen molar-refractivity contribution in [3.63, 3.8) is 0 Å². The van der Waals surface area contributed by atoms with Gasteiger partial charge in [-0.15, -0.1) is 0 Å². The standard InChI is InChI=1S/C25H26N2O7/c1-30-19-10-9-15(24(29)16-12-21(31-2)25(33-4)22(13-16)32-3)11-20(19)34-14-23(28)27-18-8-6-5-7-17(18)26/h5-13H,14,26H2,1-4H3,(H,27,28). The number of nitrogens with two attached hydrogens (primary N) is 1. The van der Waals surface area contributed by atoms with Crippen molar-refractivity contribution < 1.29 is 33.3 Å². The molecule has 0 bridgehead atoms. The summed E-state index contributed by atoms with van der Waals surface area (Å²) in [7, 11) is 5.89. The van der Waals surface area contributed by atoms with E-state index in [1.165, 1.54) is 34.5 Å². The Morgan fingerprint density at radius 2 is 1.38 bits per heavy atom. The third-order valence-corrected chi connectivity index (χ3v) is 4.95. The summed E-state index contributed by atoms with van der Waals surface area (Å²) in [4.78, 5) is 25.5. The molecule has 0 atom stereocenters. The summed E-state index contributed by atoms with van der Waals surface area (Å²) in [6.45, 7) is -0.313. The second-order valence-corrected chi connectivity index (χ2v) is 7.03. The fourth-order valence-corrected chi connectivity index (χ4v) is 3.25. The van der Waals surface area contributed by atoms with Crippen LogP contribution in [-0.2, 0) is 4.79 Å². The van der Waals surface area contributed by atoms with Crippen LogP contribution in [0.15, 0.2) is 54.6 Å². The fraction of sp³-hybridized carbons (Fsp3) is 0.200. The van der Waals surface area contributed by atoms with Crippen LogP contribution in [-0.4, -0.2) is 46.7 Å². The van der Waals surface area contributed by atoms with Gasteiger partial charge in [0, 0.05) is 11.1 Å². The molecule has 0 radical (unpaired) electrons. The molecule has 0 saturated carbocycles. The van der Waals surface area contributed by atoms with Crippen molar-refractivity contribution in [2.75, 3.05) is 46.1 Å². The van der Waals surface area contributed by atoms with Crippen molar-refractivity contribution in [3.8, 4) is 28.7 Å². The highest BCUT2D eigenvalue weighted by Gasteiger charge is 2.20. The zero-order valence-electron chi connectivity index (χ0n) is 19.3. The number of hydrogen-bond acceptors (Lipinski definition) is 8. The number of ether oxygens (including phenoxy) is 5. The molecular formula is C25H26N2O7. The first kappa shape index (κ1) is 24.2. The summed E-state index contributed by atoms with van der Waals surface area (Å²) < 4.78 is 26.9. The Hall–Kier alpha value is -4.40. The second kappa shape index (κ2) is 11.0. The van der Waals surface area contributed by atoms with Gasteiger partial charge in [0.1, 0.15) is 0 Å². The fourth-order valence-electron chi connectivity index (χ4n) is 3.25. The van der Waals surface area contributed by atoms with Crippen LogP contribution in [0.25, 0.3) is 0 Å². The van der Waals surface area contributed by atoms with Gasteiger partial charge in [-0.2, -0.15) is 0 Å². The minimum absolute atomic E-state index is 0.233. The Morgan fingerprint density at radius 3 is 1.97 bits per heavy atom. The van der Waals surface area contributed by atoms with E-state index >= 15 is 0 Å². The van der Waals surface area contributed by atoms with E-state index in [1.54, 1.807) is 48.5 Å². The molecule has 3 aromatic carbocycles. The summed E-state index contributed by atoms with van der Waals surface area (Å²) >= 11 is 0. The number of anilines is 2. The molecule has 0 spiro atoms. The minimum atomic E-state index is -0.415. The molecule has 9 nitrogen and oxygen atoms in total. The zero-order valence-corrected chi connectivity index (χ0v) is 19.3. The van der Waals surface area contributed by atoms with E-state index in [4.69, 9.17) is 29.4 Å². The number of carbonyl (C=O) groups excluding carboxylic acids is 2. The van der Waals surface area contributed by atoms with E-state index in [2.05, 4.69) is 5.32 Å². The number of benzene rings is 3. The van der Waals surface area contributed by atoms with Gasteiger partial charge < -0.3 is 34.7 Å². The largest absolute Gasteiger partial charge is 0.493 e. The molecule has 0 unspecified atom stereocenters. The average Bonchev–Trinajstić information content (AvgIpc) is 2.87. The van der Waals surface area contributed by atoms with Gasteiger partial charge in [0.15, 0.2) is 35.4 Å². The molecule has 0 saturated heterocycles. The molecular weight excluding hydrogens is 440 g/mol. The number of para-hydroxylation sites is 2. The van der Waals surface area contributed by atoms with E-state index < -0.39 is 5.91 Å². The lowest BCUT2D eigenvalue weighted by atomic mass is 10.0. The van der Waals surface area contributed by atoms with Gasteiger partial charge >= 0.3 is 0 Å². The predicted octanol–water partition coefficient (Wildman–Crippen LogP) is 3.55. The summed E-state index contributed by atoms with van der Waals surface area (Å²) in [6.07, 6.45) is 0. The second-order valence-electron chi connectivity index (χ2n) is 7.03. The maximum Gasteiger partial charge on any atom is 0.262 e. The number of nitrogens with one attached hydrogen (secondary N) is 1. The zero-order chi connectivity index (χ0) is 24.7. The Labute approximate surface area is 197 Å². The van der Waals surface area contributed by atoms with E-state index in [0.29, 0.717) is 45.5 Å². The number of hydrogen-bond donors (Lipinski definition) is 2. The number of methoxy groups -OCH3 is 4. The van der Waals surface area contributed by atoms with Gasteiger partial charge in [-0.3, -0.25) is 9.59 Å². The molecule has 0 heterocycles. The summed E-state index contributed by atoms with van der Waals surface area (Å²) in [5.74, 6) is 0.962. The molecule has 9 heteroatoms. The third-order valence-electron chi connectivity index (χ3n) is 4.95. The summed E-state index contributed by atoms with van der Waals surface area (Å²) in [6, 6.07) is 14.7. The highest BCUT2D eigenvalue weighted by atomic mass is 16.5. The van der Waals surface area contributed by atoms with Crippen molar-refractivity contribution >= 4 is 23.1 Å². The Kier molecular flexibility index (Phi) is 7.81. The van der Waals surface area contributed by atoms with E-state index in [9.17, 15) is 9.59 Å². The van der Waals surface area contributed by atoms with Crippen LogP contribution < -0.4 is 34.7 Å². The Balaban J connectivity index is 1.83. The molecule has 3 N–H and O–H groups in total. The summed E-state index contributed by atoms with van der Waals surface area (Å²) in [5, 5.41) is 2.68. The topological polar surface area (TPSA) is 118 Å². The van der Waals surface area contributed by atoms with Crippen LogP contribution in [0.2, 0.25) is 0 Å². The number of amides is 1. The Bertz CT molecular complexity index is 1170. The van der Waals surface area contributed by atoms with Gasteiger partial charge in [0.2, 0.25) is 5.75 Å². The van der Waals surface area contributed by atoms with Gasteiger partial charge in [-0.05, 0) is 42.5 Å². The first-order valence-corrected chi connectivity index (χ1v) is 10.2. The number of ketones is 1. The lowest BCUT2D eigenvalue weighted by molar-refractivity contribution is -0.118. The molecule has 1 amide bonds. The average molecular weight is 466 g/mol. The number of nitrogen functional groups attached to an aromatic ring is 1. The van der Waals surface area contributed by atoms with Gasteiger partial charge in [0.25, 0.3) is 5.91 Å². The number of carbonyl (C=O) groups is 2. The monoisotopic (exact) mass is 466 g/mol. The van der Waals surface area contributed by atoms with Gasteiger partial charge in [-0.25, -0.2) is 0 Å². The SMILES string of the molecule is COc1ccc(C(=O)c2cc(OC)c(OC)c(OC)c2)cc1OCC(=O)Nc1ccccc1N. The predicted molar refractivity (Wildman–Crippen MR) is 128 cm³/mol. The smallest absolute Gasteiger partial charge is 0.262 e. The van der Waals surface area contributed by atoms with Gasteiger partial charge in [0.05, 0.1) is 39.8 Å². The first-order valence-electron chi connectivity index (χ1n) is 10.2. The van der Waals surface area contributed by atoms with Crippen LogP contribution in [0.5, 0.6) is 28.7 Å². The molecule has 3 aromatic rings. The van der Waals surface area contributed by atoms with Gasteiger partial charge in [-0.1, -0.05) is 12.1 Å². The lowest BCUT2D eigenvalue weighted by Crippen LogP contribution is -2.21. The molecule has 0 aliphatic rings. The minimum Gasteiger partial charge on any atom is -0.493 e. The molecule has 34 heavy (non-hydrogen) atoms. The van der Waals surface area contributed by atoms with Crippen LogP contribution >= 0.6 is 0 Å². The van der Waals surface area contributed by atoms with Crippen LogP contribution in [0.1, 0.15) is 15.9 Å². The molecule has 0 fully saturated rings. The van der Waals surface area contributed by atoms with Crippen molar-refractivity contribution in [2.24, 2.45) is 0 Å². The quantitative estimate of drug-likeness (QED) is 0.344. The van der Waals surface area contributed by atoms with E-state index in [0.717, 1.165) is 0 Å². The maximum absolute atomic E-state index is 13.2. The molecule has 0 aliphatic carbocycles. The van der Waals surface area contributed by atoms with Crippen LogP contribution in [0.3, 0.4) is 0 Å². The van der Waals surface area contributed by atoms with E-state index in [1.807, 2.05) is 0 Å². The first-order chi connectivity index (χ1) is 16.4. The van der Waals surface area contributed by atoms with Crippen molar-refractivity contribution in [3.05, 3.63) is 65.7 Å². The molecule has 3 rings (SSSR count). The molecule has 178 valence electrons. The number of rotatable bonds is 10. The molecule has 0 aromatic heterocycles. The van der Waals surface area contributed by atoms with Crippen molar-refractivity contribution in [1.82, 2.24) is 0 Å². The summed E-state index contributed by atoms with van der Waals surface area (Å²) in [5.41, 5.74) is 7.41. The Morgan fingerprint density at radius 1 is 0.765 bits per heavy atom. The van der Waals surface area contributed by atoms with E-state index in [-0.39, 0.29) is 18.1 Å². The lowest BCUT2D eigenvalue weighted by Gasteiger charge is -2.15. The third kappa shape index (κ3) is 5.32.